The summed E-state index contributed by atoms with van der Waals surface area (Å²) >= 11 is 0. The van der Waals surface area contributed by atoms with Gasteiger partial charge >= 0.3 is 6.03 Å². The smallest absolute Gasteiger partial charge is 0.323 e. The largest absolute Gasteiger partial charge is 0.497 e. The van der Waals surface area contributed by atoms with Crippen LogP contribution in [-0.2, 0) is 11.2 Å². The maximum absolute atomic E-state index is 12.3. The zero-order valence-electron chi connectivity index (χ0n) is 17.7. The molecule has 6 nitrogen and oxygen atoms in total. The van der Waals surface area contributed by atoms with Crippen LogP contribution in [0.4, 0.5) is 16.2 Å². The van der Waals surface area contributed by atoms with E-state index in [0.717, 1.165) is 22.6 Å². The molecule has 3 aromatic rings. The van der Waals surface area contributed by atoms with Crippen LogP contribution in [0.5, 0.6) is 5.75 Å². The molecule has 3 amide bonds. The van der Waals surface area contributed by atoms with Crippen LogP contribution in [0, 0.1) is 0 Å². The van der Waals surface area contributed by atoms with Crippen LogP contribution >= 0.6 is 0 Å². The van der Waals surface area contributed by atoms with Gasteiger partial charge in [-0.3, -0.25) is 4.79 Å². The Morgan fingerprint density at radius 3 is 2.23 bits per heavy atom. The first kappa shape index (κ1) is 21.9. The minimum Gasteiger partial charge on any atom is -0.497 e. The average molecular weight is 418 g/mol. The number of carbonyl (C=O) groups is 2. The van der Waals surface area contributed by atoms with Crippen molar-refractivity contribution in [1.82, 2.24) is 5.32 Å². The second-order valence-corrected chi connectivity index (χ2v) is 7.21. The number of benzene rings is 3. The molecular weight excluding hydrogens is 390 g/mol. The fourth-order valence-electron chi connectivity index (χ4n) is 3.15. The van der Waals surface area contributed by atoms with Gasteiger partial charge in [-0.25, -0.2) is 4.79 Å². The highest BCUT2D eigenvalue weighted by Gasteiger charge is 2.11. The van der Waals surface area contributed by atoms with Gasteiger partial charge in [0, 0.05) is 17.8 Å². The standard InChI is InChI=1S/C25H27N3O3/c1-18(26-24(29)16-11-19-7-6-10-23(17-19)31-2)20-12-14-22(15-13-20)28-25(30)27-21-8-4-3-5-9-21/h3-10,12-15,17-18H,11,16H2,1-2H3,(H,26,29)(H2,27,28,30). The molecule has 0 saturated heterocycles. The van der Waals surface area contributed by atoms with Crippen molar-refractivity contribution in [1.29, 1.82) is 0 Å². The number of aryl methyl sites for hydroxylation is 1. The van der Waals surface area contributed by atoms with Crippen molar-refractivity contribution in [2.24, 2.45) is 0 Å². The molecule has 1 unspecified atom stereocenters. The first-order valence-corrected chi connectivity index (χ1v) is 10.2. The second kappa shape index (κ2) is 10.8. The van der Waals surface area contributed by atoms with Crippen LogP contribution in [-0.4, -0.2) is 19.0 Å². The van der Waals surface area contributed by atoms with Crippen LogP contribution < -0.4 is 20.7 Å². The van der Waals surface area contributed by atoms with E-state index in [4.69, 9.17) is 4.74 Å². The monoisotopic (exact) mass is 417 g/mol. The SMILES string of the molecule is COc1cccc(CCC(=O)NC(C)c2ccc(NC(=O)Nc3ccccc3)cc2)c1. The number of urea groups is 1. The molecule has 0 aliphatic rings. The van der Waals surface area contributed by atoms with Gasteiger partial charge in [-0.15, -0.1) is 0 Å². The van der Waals surface area contributed by atoms with Crippen molar-refractivity contribution < 1.29 is 14.3 Å². The van der Waals surface area contributed by atoms with Crippen molar-refractivity contribution >= 4 is 23.3 Å². The van der Waals surface area contributed by atoms with E-state index in [1.807, 2.05) is 85.8 Å². The van der Waals surface area contributed by atoms with Gasteiger partial charge in [0.1, 0.15) is 5.75 Å². The molecule has 3 rings (SSSR count). The summed E-state index contributed by atoms with van der Waals surface area (Å²) in [4.78, 5) is 24.4. The van der Waals surface area contributed by atoms with E-state index in [2.05, 4.69) is 16.0 Å². The highest BCUT2D eigenvalue weighted by molar-refractivity contribution is 5.99. The number of anilines is 2. The van der Waals surface area contributed by atoms with Gasteiger partial charge in [-0.1, -0.05) is 42.5 Å². The summed E-state index contributed by atoms with van der Waals surface area (Å²) in [5.74, 6) is 0.775. The molecule has 0 aliphatic heterocycles. The zero-order chi connectivity index (χ0) is 22.1. The third-order valence-corrected chi connectivity index (χ3v) is 4.85. The maximum atomic E-state index is 12.3. The topological polar surface area (TPSA) is 79.5 Å². The third-order valence-electron chi connectivity index (χ3n) is 4.85. The summed E-state index contributed by atoms with van der Waals surface area (Å²) in [6.45, 7) is 1.94. The molecule has 0 bridgehead atoms. The molecule has 1 atom stereocenters. The molecular formula is C25H27N3O3. The molecule has 0 aromatic heterocycles. The zero-order valence-corrected chi connectivity index (χ0v) is 17.7. The molecule has 0 aliphatic carbocycles. The molecule has 0 radical (unpaired) electrons. The van der Waals surface area contributed by atoms with E-state index in [9.17, 15) is 9.59 Å². The Kier molecular flexibility index (Phi) is 7.65. The first-order chi connectivity index (χ1) is 15.0. The minimum absolute atomic E-state index is 0.0141. The Morgan fingerprint density at radius 1 is 0.871 bits per heavy atom. The number of ether oxygens (including phenoxy) is 1. The second-order valence-electron chi connectivity index (χ2n) is 7.21. The average Bonchev–Trinajstić information content (AvgIpc) is 2.79. The van der Waals surface area contributed by atoms with Crippen LogP contribution in [0.15, 0.2) is 78.9 Å². The number of nitrogens with one attached hydrogen (secondary N) is 3. The fraction of sp³-hybridized carbons (Fsp3) is 0.200. The summed E-state index contributed by atoms with van der Waals surface area (Å²) in [6.07, 6.45) is 1.05. The van der Waals surface area contributed by atoms with Gasteiger partial charge in [-0.05, 0) is 60.9 Å². The Labute approximate surface area is 182 Å². The lowest BCUT2D eigenvalue weighted by molar-refractivity contribution is -0.121. The van der Waals surface area contributed by atoms with Crippen molar-refractivity contribution in [2.75, 3.05) is 17.7 Å². The first-order valence-electron chi connectivity index (χ1n) is 10.2. The molecule has 0 heterocycles. The van der Waals surface area contributed by atoms with Crippen molar-refractivity contribution in [3.05, 3.63) is 90.0 Å². The van der Waals surface area contributed by atoms with Crippen molar-refractivity contribution in [2.45, 2.75) is 25.8 Å². The number of rotatable bonds is 8. The molecule has 0 fully saturated rings. The molecule has 0 saturated carbocycles. The lowest BCUT2D eigenvalue weighted by Crippen LogP contribution is -2.26. The van der Waals surface area contributed by atoms with E-state index in [-0.39, 0.29) is 18.0 Å². The molecule has 31 heavy (non-hydrogen) atoms. The number of carbonyl (C=O) groups excluding carboxylic acids is 2. The molecule has 3 N–H and O–H groups in total. The van der Waals surface area contributed by atoms with Gasteiger partial charge in [-0.2, -0.15) is 0 Å². The van der Waals surface area contributed by atoms with Crippen LogP contribution in [0.25, 0.3) is 0 Å². The molecule has 0 spiro atoms. The van der Waals surface area contributed by atoms with Gasteiger partial charge in [0.15, 0.2) is 0 Å². The summed E-state index contributed by atoms with van der Waals surface area (Å²) in [5, 5.41) is 8.59. The molecule has 3 aromatic carbocycles. The Hall–Kier alpha value is -3.80. The highest BCUT2D eigenvalue weighted by Crippen LogP contribution is 2.18. The van der Waals surface area contributed by atoms with E-state index in [1.165, 1.54) is 0 Å². The molecule has 160 valence electrons. The minimum atomic E-state index is -0.308. The summed E-state index contributed by atoms with van der Waals surface area (Å²) in [7, 11) is 1.63. The Balaban J connectivity index is 1.47. The third kappa shape index (κ3) is 6.89. The number of amides is 3. The lowest BCUT2D eigenvalue weighted by atomic mass is 10.1. The van der Waals surface area contributed by atoms with Crippen molar-refractivity contribution in [3.63, 3.8) is 0 Å². The predicted molar refractivity (Wildman–Crippen MR) is 123 cm³/mol. The quantitative estimate of drug-likeness (QED) is 0.474. The van der Waals surface area contributed by atoms with Crippen molar-refractivity contribution in [3.8, 4) is 5.75 Å². The van der Waals surface area contributed by atoms with Crippen LogP contribution in [0.1, 0.15) is 30.5 Å². The Morgan fingerprint density at radius 2 is 1.55 bits per heavy atom. The summed E-state index contributed by atoms with van der Waals surface area (Å²) in [6, 6.07) is 24.0. The summed E-state index contributed by atoms with van der Waals surface area (Å²) < 4.78 is 5.22. The van der Waals surface area contributed by atoms with Gasteiger partial charge < -0.3 is 20.7 Å². The maximum Gasteiger partial charge on any atom is 0.323 e. The number of para-hydroxylation sites is 1. The fourth-order valence-corrected chi connectivity index (χ4v) is 3.15. The van der Waals surface area contributed by atoms with E-state index in [1.54, 1.807) is 7.11 Å². The number of hydrogen-bond donors (Lipinski definition) is 3. The van der Waals surface area contributed by atoms with Gasteiger partial charge in [0.05, 0.1) is 13.2 Å². The van der Waals surface area contributed by atoms with Crippen LogP contribution in [0.3, 0.4) is 0 Å². The highest BCUT2D eigenvalue weighted by atomic mass is 16.5. The van der Waals surface area contributed by atoms with Crippen LogP contribution in [0.2, 0.25) is 0 Å². The number of methoxy groups -OCH3 is 1. The Bertz CT molecular complexity index is 1000. The van der Waals surface area contributed by atoms with Gasteiger partial charge in [0.25, 0.3) is 0 Å². The normalized spacial score (nSPS) is 11.3. The predicted octanol–water partition coefficient (Wildman–Crippen LogP) is 5.15. The number of hydrogen-bond acceptors (Lipinski definition) is 3. The molecule has 6 heteroatoms. The van der Waals surface area contributed by atoms with E-state index < -0.39 is 0 Å². The lowest BCUT2D eigenvalue weighted by Gasteiger charge is -2.15. The van der Waals surface area contributed by atoms with E-state index >= 15 is 0 Å². The van der Waals surface area contributed by atoms with E-state index in [0.29, 0.717) is 18.5 Å². The van der Waals surface area contributed by atoms with Gasteiger partial charge in [0.2, 0.25) is 5.91 Å². The summed E-state index contributed by atoms with van der Waals surface area (Å²) in [5.41, 5.74) is 3.42.